The van der Waals surface area contributed by atoms with Gasteiger partial charge in [0, 0.05) is 12.5 Å². The van der Waals surface area contributed by atoms with Gasteiger partial charge >= 0.3 is 0 Å². The second-order valence-electron chi connectivity index (χ2n) is 4.35. The Morgan fingerprint density at radius 3 is 2.56 bits per heavy atom. The molecule has 0 bridgehead atoms. The van der Waals surface area contributed by atoms with E-state index < -0.39 is 0 Å². The molecule has 3 N–H and O–H groups in total. The van der Waals surface area contributed by atoms with Crippen LogP contribution in [0.15, 0.2) is 0 Å². The molecular formula is C11H23N5. The molecule has 0 aromatic carbocycles. The minimum absolute atomic E-state index is 0.374. The van der Waals surface area contributed by atoms with Gasteiger partial charge in [0.15, 0.2) is 0 Å². The Morgan fingerprint density at radius 2 is 1.94 bits per heavy atom. The van der Waals surface area contributed by atoms with Crippen LogP contribution in [-0.4, -0.2) is 26.7 Å². The molecule has 0 saturated carbocycles. The van der Waals surface area contributed by atoms with Crippen molar-refractivity contribution in [2.75, 3.05) is 0 Å². The molecule has 0 fully saturated rings. The lowest BCUT2D eigenvalue weighted by Crippen LogP contribution is -2.19. The van der Waals surface area contributed by atoms with Crippen LogP contribution in [0.25, 0.3) is 0 Å². The Labute approximate surface area is 97.2 Å². The second kappa shape index (κ2) is 8.21. The van der Waals surface area contributed by atoms with Crippen molar-refractivity contribution in [3.63, 3.8) is 0 Å². The lowest BCUT2D eigenvalue weighted by atomic mass is 10.0. The number of H-pyrrole nitrogens is 1. The third kappa shape index (κ3) is 5.80. The first-order valence-corrected chi connectivity index (χ1v) is 6.31. The monoisotopic (exact) mass is 225 g/mol. The number of tetrazole rings is 1. The van der Waals surface area contributed by atoms with E-state index in [0.717, 1.165) is 37.9 Å². The number of hydrogen-bond donors (Lipinski definition) is 2. The molecule has 0 amide bonds. The van der Waals surface area contributed by atoms with E-state index in [9.17, 15) is 0 Å². The molecule has 0 radical (unpaired) electrons. The van der Waals surface area contributed by atoms with Gasteiger partial charge in [0.2, 0.25) is 0 Å². The molecule has 1 heterocycles. The number of nitrogens with one attached hydrogen (secondary N) is 1. The predicted molar refractivity (Wildman–Crippen MR) is 63.9 cm³/mol. The van der Waals surface area contributed by atoms with E-state index in [4.69, 9.17) is 5.73 Å². The van der Waals surface area contributed by atoms with Crippen LogP contribution in [0.1, 0.15) is 57.7 Å². The maximum atomic E-state index is 6.03. The van der Waals surface area contributed by atoms with Gasteiger partial charge < -0.3 is 5.73 Å². The van der Waals surface area contributed by atoms with Crippen molar-refractivity contribution in [2.24, 2.45) is 5.73 Å². The second-order valence-corrected chi connectivity index (χ2v) is 4.35. The molecule has 1 unspecified atom stereocenters. The highest BCUT2D eigenvalue weighted by Gasteiger charge is 2.03. The summed E-state index contributed by atoms with van der Waals surface area (Å²) in [6, 6.07) is 0.374. The van der Waals surface area contributed by atoms with Crippen molar-refractivity contribution >= 4 is 0 Å². The summed E-state index contributed by atoms with van der Waals surface area (Å²) in [5.74, 6) is 0.875. The maximum absolute atomic E-state index is 6.03. The van der Waals surface area contributed by atoms with Crippen LogP contribution >= 0.6 is 0 Å². The lowest BCUT2D eigenvalue weighted by Gasteiger charge is -2.10. The summed E-state index contributed by atoms with van der Waals surface area (Å²) in [5, 5.41) is 13.7. The molecule has 0 spiro atoms. The number of rotatable bonds is 9. The van der Waals surface area contributed by atoms with E-state index in [-0.39, 0.29) is 0 Å². The summed E-state index contributed by atoms with van der Waals surface area (Å²) in [6.07, 6.45) is 9.32. The quantitative estimate of drug-likeness (QED) is 0.628. The fraction of sp³-hybridized carbons (Fsp3) is 0.909. The minimum Gasteiger partial charge on any atom is -0.328 e. The standard InChI is InChI=1S/C11H23N5/c1-2-3-4-7-10(12)8-5-6-9-11-13-15-16-14-11/h10H,2-9,12H2,1H3,(H,13,14,15,16). The maximum Gasteiger partial charge on any atom is 0.148 e. The average Bonchev–Trinajstić information content (AvgIpc) is 2.78. The van der Waals surface area contributed by atoms with Crippen LogP contribution in [0, 0.1) is 0 Å². The van der Waals surface area contributed by atoms with Gasteiger partial charge in [-0.3, -0.25) is 0 Å². The smallest absolute Gasteiger partial charge is 0.148 e. The van der Waals surface area contributed by atoms with Crippen molar-refractivity contribution < 1.29 is 0 Å². The first kappa shape index (κ1) is 13.1. The average molecular weight is 225 g/mol. The summed E-state index contributed by atoms with van der Waals surface area (Å²) < 4.78 is 0. The summed E-state index contributed by atoms with van der Waals surface area (Å²) >= 11 is 0. The molecule has 1 aromatic heterocycles. The van der Waals surface area contributed by atoms with Gasteiger partial charge in [0.1, 0.15) is 5.82 Å². The lowest BCUT2D eigenvalue weighted by molar-refractivity contribution is 0.503. The number of hydrogen-bond acceptors (Lipinski definition) is 4. The fourth-order valence-electron chi connectivity index (χ4n) is 1.78. The SMILES string of the molecule is CCCCCC(N)CCCCc1nnn[nH]1. The number of nitrogens with zero attached hydrogens (tertiary/aromatic N) is 3. The molecule has 1 atom stereocenters. The zero-order valence-electron chi connectivity index (χ0n) is 10.2. The van der Waals surface area contributed by atoms with Gasteiger partial charge in [-0.1, -0.05) is 32.6 Å². The first-order chi connectivity index (χ1) is 7.83. The highest BCUT2D eigenvalue weighted by Crippen LogP contribution is 2.08. The van der Waals surface area contributed by atoms with Crippen LogP contribution in [-0.2, 0) is 6.42 Å². The first-order valence-electron chi connectivity index (χ1n) is 6.31. The summed E-state index contributed by atoms with van der Waals surface area (Å²) in [5.41, 5.74) is 6.03. The van der Waals surface area contributed by atoms with Gasteiger partial charge in [-0.2, -0.15) is 0 Å². The van der Waals surface area contributed by atoms with Crippen LogP contribution in [0.3, 0.4) is 0 Å². The molecule has 5 heteroatoms. The fourth-order valence-corrected chi connectivity index (χ4v) is 1.78. The van der Waals surface area contributed by atoms with Crippen LogP contribution in [0.5, 0.6) is 0 Å². The van der Waals surface area contributed by atoms with Gasteiger partial charge in [0.05, 0.1) is 0 Å². The van der Waals surface area contributed by atoms with E-state index in [2.05, 4.69) is 27.5 Å². The van der Waals surface area contributed by atoms with Gasteiger partial charge in [-0.05, 0) is 29.7 Å². The summed E-state index contributed by atoms with van der Waals surface area (Å²) in [4.78, 5) is 0. The Hall–Kier alpha value is -0.970. The molecule has 0 aliphatic rings. The van der Waals surface area contributed by atoms with Crippen molar-refractivity contribution in [3.05, 3.63) is 5.82 Å². The molecule has 16 heavy (non-hydrogen) atoms. The van der Waals surface area contributed by atoms with Crippen LogP contribution < -0.4 is 5.73 Å². The Balaban J connectivity index is 1.94. The number of aryl methyl sites for hydroxylation is 1. The van der Waals surface area contributed by atoms with Crippen molar-refractivity contribution in [1.29, 1.82) is 0 Å². The Bertz CT molecular complexity index is 247. The summed E-state index contributed by atoms with van der Waals surface area (Å²) in [6.45, 7) is 2.22. The molecule has 92 valence electrons. The minimum atomic E-state index is 0.374. The molecule has 1 rings (SSSR count). The van der Waals surface area contributed by atoms with E-state index in [1.165, 1.54) is 19.3 Å². The molecule has 0 saturated heterocycles. The predicted octanol–water partition coefficient (Wildman–Crippen LogP) is 1.82. The number of unbranched alkanes of at least 4 members (excludes halogenated alkanes) is 3. The molecule has 1 aromatic rings. The molecule has 5 nitrogen and oxygen atoms in total. The van der Waals surface area contributed by atoms with Gasteiger partial charge in [-0.25, -0.2) is 5.10 Å². The topological polar surface area (TPSA) is 80.5 Å². The largest absolute Gasteiger partial charge is 0.328 e. The molecular weight excluding hydrogens is 202 g/mol. The Kier molecular flexibility index (Phi) is 6.72. The third-order valence-electron chi connectivity index (χ3n) is 2.81. The van der Waals surface area contributed by atoms with E-state index >= 15 is 0 Å². The van der Waals surface area contributed by atoms with E-state index in [1.54, 1.807) is 0 Å². The normalized spacial score (nSPS) is 12.9. The summed E-state index contributed by atoms with van der Waals surface area (Å²) in [7, 11) is 0. The van der Waals surface area contributed by atoms with E-state index in [0.29, 0.717) is 6.04 Å². The van der Waals surface area contributed by atoms with Gasteiger partial charge in [0.25, 0.3) is 0 Å². The number of nitrogens with two attached hydrogens (primary N) is 1. The number of aromatic amines is 1. The van der Waals surface area contributed by atoms with Gasteiger partial charge in [-0.15, -0.1) is 5.10 Å². The van der Waals surface area contributed by atoms with Crippen LogP contribution in [0.4, 0.5) is 0 Å². The van der Waals surface area contributed by atoms with E-state index in [1.807, 2.05) is 0 Å². The highest BCUT2D eigenvalue weighted by molar-refractivity contribution is 4.75. The molecule has 0 aliphatic heterocycles. The van der Waals surface area contributed by atoms with Crippen LogP contribution in [0.2, 0.25) is 0 Å². The zero-order valence-corrected chi connectivity index (χ0v) is 10.2. The third-order valence-corrected chi connectivity index (χ3v) is 2.81. The van der Waals surface area contributed by atoms with Crippen molar-refractivity contribution in [2.45, 2.75) is 64.3 Å². The number of aromatic nitrogens is 4. The van der Waals surface area contributed by atoms with Crippen molar-refractivity contribution in [3.8, 4) is 0 Å². The zero-order chi connectivity index (χ0) is 11.6. The highest BCUT2D eigenvalue weighted by atomic mass is 15.5. The van der Waals surface area contributed by atoms with Crippen molar-refractivity contribution in [1.82, 2.24) is 20.6 Å². The Morgan fingerprint density at radius 1 is 1.19 bits per heavy atom. The molecule has 0 aliphatic carbocycles.